The Balaban J connectivity index is 2.02. The zero-order valence-electron chi connectivity index (χ0n) is 11.4. The smallest absolute Gasteiger partial charge is 0.258 e. The highest BCUT2D eigenvalue weighted by molar-refractivity contribution is 7.15. The van der Waals surface area contributed by atoms with Crippen LogP contribution in [0, 0.1) is 6.92 Å². The van der Waals surface area contributed by atoms with Crippen LogP contribution >= 0.6 is 11.3 Å². The maximum Gasteiger partial charge on any atom is 0.258 e. The molecule has 0 aromatic carbocycles. The maximum absolute atomic E-state index is 12.0. The van der Waals surface area contributed by atoms with Gasteiger partial charge in [-0.05, 0) is 13.3 Å². The Morgan fingerprint density at radius 1 is 1.60 bits per heavy atom. The second kappa shape index (κ2) is 6.47. The number of allylic oxidation sites excluding steroid dienone is 1. The number of hydrogen-bond donors (Lipinski definition) is 1. The third-order valence-corrected chi connectivity index (χ3v) is 3.76. The molecule has 6 heteroatoms. The first kappa shape index (κ1) is 14.5. The molecule has 20 heavy (non-hydrogen) atoms. The largest absolute Gasteiger partial charge is 0.356 e. The van der Waals surface area contributed by atoms with Crippen molar-refractivity contribution >= 4 is 22.2 Å². The van der Waals surface area contributed by atoms with Crippen LogP contribution in [-0.2, 0) is 11.2 Å². The van der Waals surface area contributed by atoms with Gasteiger partial charge in [-0.15, -0.1) is 17.9 Å². The van der Waals surface area contributed by atoms with Crippen molar-refractivity contribution < 1.29 is 4.79 Å². The number of carbonyl (C=O) groups is 1. The highest BCUT2D eigenvalue weighted by Crippen LogP contribution is 2.12. The zero-order valence-corrected chi connectivity index (χ0v) is 12.2. The van der Waals surface area contributed by atoms with Crippen LogP contribution < -0.4 is 10.9 Å². The molecule has 2 heterocycles. The van der Waals surface area contributed by atoms with Crippen molar-refractivity contribution in [1.29, 1.82) is 0 Å². The van der Waals surface area contributed by atoms with E-state index in [0.717, 1.165) is 11.4 Å². The van der Waals surface area contributed by atoms with E-state index < -0.39 is 0 Å². The minimum Gasteiger partial charge on any atom is -0.356 e. The van der Waals surface area contributed by atoms with E-state index in [1.807, 2.05) is 5.38 Å². The van der Waals surface area contributed by atoms with Gasteiger partial charge in [-0.3, -0.25) is 14.0 Å². The van der Waals surface area contributed by atoms with Crippen molar-refractivity contribution in [3.63, 3.8) is 0 Å². The minimum atomic E-state index is -0.0678. The van der Waals surface area contributed by atoms with E-state index >= 15 is 0 Å². The molecule has 0 spiro atoms. The summed E-state index contributed by atoms with van der Waals surface area (Å²) in [6.07, 6.45) is 3.47. The molecule has 1 N–H and O–H groups in total. The second-order valence-corrected chi connectivity index (χ2v) is 5.34. The molecule has 0 unspecified atom stereocenters. The Bertz CT molecular complexity index is 687. The van der Waals surface area contributed by atoms with Gasteiger partial charge >= 0.3 is 0 Å². The average Bonchev–Trinajstić information content (AvgIpc) is 2.79. The van der Waals surface area contributed by atoms with Crippen molar-refractivity contribution in [2.75, 3.05) is 6.54 Å². The van der Waals surface area contributed by atoms with Crippen LogP contribution in [0.25, 0.3) is 4.96 Å². The molecule has 0 bridgehead atoms. The van der Waals surface area contributed by atoms with E-state index in [1.54, 1.807) is 17.4 Å². The number of nitrogens with zero attached hydrogens (tertiary/aromatic N) is 2. The predicted octanol–water partition coefficient (Wildman–Crippen LogP) is 1.69. The third-order valence-electron chi connectivity index (χ3n) is 2.88. The van der Waals surface area contributed by atoms with Crippen LogP contribution in [0.5, 0.6) is 0 Å². The molecule has 0 fully saturated rings. The van der Waals surface area contributed by atoms with Gasteiger partial charge in [-0.2, -0.15) is 0 Å². The van der Waals surface area contributed by atoms with Crippen LogP contribution in [0.2, 0.25) is 0 Å². The summed E-state index contributed by atoms with van der Waals surface area (Å²) in [7, 11) is 0. The molecular weight excluding hydrogens is 274 g/mol. The topological polar surface area (TPSA) is 63.5 Å². The summed E-state index contributed by atoms with van der Waals surface area (Å²) in [5.74, 6) is 0.00533. The number of hydrogen-bond acceptors (Lipinski definition) is 4. The fourth-order valence-electron chi connectivity index (χ4n) is 1.91. The molecule has 0 atom stereocenters. The second-order valence-electron chi connectivity index (χ2n) is 4.51. The Morgan fingerprint density at radius 3 is 3.15 bits per heavy atom. The summed E-state index contributed by atoms with van der Waals surface area (Å²) in [6, 6.07) is 1.52. The molecule has 0 saturated heterocycles. The number of aryl methyl sites for hydroxylation is 1. The van der Waals surface area contributed by atoms with Crippen LogP contribution in [0.15, 0.2) is 28.9 Å². The predicted molar refractivity (Wildman–Crippen MR) is 80.2 cm³/mol. The summed E-state index contributed by atoms with van der Waals surface area (Å²) in [5, 5.41) is 4.75. The van der Waals surface area contributed by atoms with E-state index in [2.05, 4.69) is 16.9 Å². The lowest BCUT2D eigenvalue weighted by Crippen LogP contribution is -2.26. The molecule has 2 aromatic rings. The van der Waals surface area contributed by atoms with Gasteiger partial charge in [0.25, 0.3) is 5.56 Å². The van der Waals surface area contributed by atoms with Crippen molar-refractivity contribution in [1.82, 2.24) is 14.7 Å². The zero-order chi connectivity index (χ0) is 14.5. The van der Waals surface area contributed by atoms with E-state index in [-0.39, 0.29) is 11.5 Å². The Kier molecular flexibility index (Phi) is 4.68. The number of amides is 1. The molecule has 1 amide bonds. The molecule has 0 radical (unpaired) electrons. The summed E-state index contributed by atoms with van der Waals surface area (Å²) in [4.78, 5) is 28.4. The number of rotatable bonds is 6. The molecule has 0 aliphatic carbocycles. The molecule has 2 aromatic heterocycles. The first-order valence-electron chi connectivity index (χ1n) is 6.46. The third kappa shape index (κ3) is 3.33. The Hall–Kier alpha value is -1.95. The number of fused-ring (bicyclic) bond motifs is 1. The van der Waals surface area contributed by atoms with Crippen molar-refractivity contribution in [2.45, 2.75) is 26.2 Å². The van der Waals surface area contributed by atoms with Crippen LogP contribution in [0.1, 0.15) is 24.2 Å². The van der Waals surface area contributed by atoms with E-state index in [9.17, 15) is 9.59 Å². The maximum atomic E-state index is 12.0. The number of thiazole rings is 1. The quantitative estimate of drug-likeness (QED) is 0.824. The van der Waals surface area contributed by atoms with Gasteiger partial charge in [0.05, 0.1) is 0 Å². The van der Waals surface area contributed by atoms with E-state index in [1.165, 1.54) is 17.4 Å². The molecule has 0 saturated carbocycles. The van der Waals surface area contributed by atoms with Crippen LogP contribution in [0.3, 0.4) is 0 Å². The van der Waals surface area contributed by atoms with Crippen molar-refractivity contribution in [3.05, 3.63) is 45.8 Å². The number of aromatic nitrogens is 2. The van der Waals surface area contributed by atoms with E-state index in [4.69, 9.17) is 0 Å². The molecule has 5 nitrogen and oxygen atoms in total. The van der Waals surface area contributed by atoms with Gasteiger partial charge in [0, 0.05) is 42.2 Å². The standard InChI is InChI=1S/C14H17N3O2S/c1-3-4-5-12(18)15-7-6-11-9-20-14-16-10(2)8-13(19)17(11)14/h3,8-9H,1,4-7H2,2H3,(H,15,18). The molecule has 2 rings (SSSR count). The minimum absolute atomic E-state index is 0.00533. The summed E-state index contributed by atoms with van der Waals surface area (Å²) >= 11 is 1.44. The monoisotopic (exact) mass is 291 g/mol. The van der Waals surface area contributed by atoms with Gasteiger partial charge in [-0.1, -0.05) is 6.08 Å². The highest BCUT2D eigenvalue weighted by Gasteiger charge is 2.08. The summed E-state index contributed by atoms with van der Waals surface area (Å²) in [6.45, 7) is 5.90. The van der Waals surface area contributed by atoms with Gasteiger partial charge < -0.3 is 5.32 Å². The lowest BCUT2D eigenvalue weighted by molar-refractivity contribution is -0.120. The van der Waals surface area contributed by atoms with Crippen LogP contribution in [-0.4, -0.2) is 21.8 Å². The Morgan fingerprint density at radius 2 is 2.40 bits per heavy atom. The first-order valence-corrected chi connectivity index (χ1v) is 7.34. The molecule has 106 valence electrons. The van der Waals surface area contributed by atoms with Crippen LogP contribution in [0.4, 0.5) is 0 Å². The molecular formula is C14H17N3O2S. The van der Waals surface area contributed by atoms with Crippen molar-refractivity contribution in [2.24, 2.45) is 0 Å². The fraction of sp³-hybridized carbons (Fsp3) is 0.357. The molecule has 0 aliphatic heterocycles. The Labute approximate surface area is 121 Å². The molecule has 0 aliphatic rings. The number of carbonyl (C=O) groups excluding carboxylic acids is 1. The normalized spacial score (nSPS) is 10.7. The summed E-state index contributed by atoms with van der Waals surface area (Å²) in [5.41, 5.74) is 1.54. The highest BCUT2D eigenvalue weighted by atomic mass is 32.1. The van der Waals surface area contributed by atoms with Gasteiger partial charge in [0.1, 0.15) is 0 Å². The van der Waals surface area contributed by atoms with Gasteiger partial charge in [-0.25, -0.2) is 4.98 Å². The van der Waals surface area contributed by atoms with E-state index in [0.29, 0.717) is 30.8 Å². The lowest BCUT2D eigenvalue weighted by Gasteiger charge is -2.04. The SMILES string of the molecule is C=CCCC(=O)NCCc1csc2nc(C)cc(=O)n12. The van der Waals surface area contributed by atoms with Gasteiger partial charge in [0.15, 0.2) is 4.96 Å². The van der Waals surface area contributed by atoms with Crippen molar-refractivity contribution in [3.8, 4) is 0 Å². The fourth-order valence-corrected chi connectivity index (χ4v) is 2.88. The first-order chi connectivity index (χ1) is 9.61. The lowest BCUT2D eigenvalue weighted by atomic mass is 10.3. The summed E-state index contributed by atoms with van der Waals surface area (Å²) < 4.78 is 1.60. The average molecular weight is 291 g/mol. The van der Waals surface area contributed by atoms with Gasteiger partial charge in [0.2, 0.25) is 5.91 Å². The number of nitrogens with one attached hydrogen (secondary N) is 1.